The number of rotatable bonds is 7. The first-order valence-corrected chi connectivity index (χ1v) is 10.7. The average Bonchev–Trinajstić information content (AvgIpc) is 3.24. The largest absolute Gasteiger partial charge is 0.468 e. The minimum atomic E-state index is -4.06. The number of hydrogen-bond acceptors (Lipinski definition) is 6. The van der Waals surface area contributed by atoms with Crippen LogP contribution in [-0.2, 0) is 9.84 Å². The molecule has 0 aliphatic rings. The highest BCUT2D eigenvalue weighted by Crippen LogP contribution is 2.30. The van der Waals surface area contributed by atoms with E-state index in [0.29, 0.717) is 0 Å². The van der Waals surface area contributed by atoms with Gasteiger partial charge in [0, 0.05) is 23.7 Å². The van der Waals surface area contributed by atoms with Gasteiger partial charge in [0.1, 0.15) is 16.8 Å². The van der Waals surface area contributed by atoms with E-state index in [2.05, 4.69) is 5.32 Å². The van der Waals surface area contributed by atoms with Crippen LogP contribution in [0.25, 0.3) is 0 Å². The molecule has 1 aromatic heterocycles. The van der Waals surface area contributed by atoms with Crippen molar-refractivity contribution in [3.8, 4) is 0 Å². The molecule has 0 bridgehead atoms. The molecule has 8 nitrogen and oxygen atoms in total. The van der Waals surface area contributed by atoms with E-state index in [1.807, 2.05) is 0 Å². The Morgan fingerprint density at radius 3 is 2.55 bits per heavy atom. The quantitative estimate of drug-likeness (QED) is 0.334. The third-order valence-corrected chi connectivity index (χ3v) is 6.95. The van der Waals surface area contributed by atoms with Gasteiger partial charge in [-0.15, -0.1) is 0 Å². The Morgan fingerprint density at radius 2 is 1.94 bits per heavy atom. The maximum Gasteiger partial charge on any atom is 0.273 e. The van der Waals surface area contributed by atoms with Crippen LogP contribution >= 0.6 is 0 Å². The van der Waals surface area contributed by atoms with Gasteiger partial charge in [0.25, 0.3) is 11.6 Å². The van der Waals surface area contributed by atoms with Gasteiger partial charge in [-0.2, -0.15) is 0 Å². The highest BCUT2D eigenvalue weighted by atomic mass is 32.2. The summed E-state index contributed by atoms with van der Waals surface area (Å²) in [6.45, 7) is 2.53. The molecule has 0 saturated carbocycles. The topological polar surface area (TPSA) is 120 Å². The van der Waals surface area contributed by atoms with Crippen LogP contribution in [-0.4, -0.2) is 25.8 Å². The summed E-state index contributed by atoms with van der Waals surface area (Å²) in [6.07, 6.45) is 1.31. The summed E-state index contributed by atoms with van der Waals surface area (Å²) >= 11 is 0. The highest BCUT2D eigenvalue weighted by molar-refractivity contribution is 7.91. The van der Waals surface area contributed by atoms with Gasteiger partial charge in [-0.1, -0.05) is 6.07 Å². The molecule has 0 spiro atoms. The molecule has 2 aromatic carbocycles. The molecule has 1 N–H and O–H groups in total. The Kier molecular flexibility index (Phi) is 6.21. The lowest BCUT2D eigenvalue weighted by Gasteiger charge is -2.17. The highest BCUT2D eigenvalue weighted by Gasteiger charge is 2.32. The van der Waals surface area contributed by atoms with E-state index in [1.54, 1.807) is 0 Å². The molecule has 1 amide bonds. The maximum atomic E-state index is 13.6. The van der Waals surface area contributed by atoms with E-state index >= 15 is 0 Å². The van der Waals surface area contributed by atoms with Gasteiger partial charge >= 0.3 is 0 Å². The number of sulfone groups is 1. The van der Waals surface area contributed by atoms with Gasteiger partial charge in [-0.05, 0) is 55.8 Å². The first-order chi connectivity index (χ1) is 14.6. The molecule has 0 aliphatic carbocycles. The van der Waals surface area contributed by atoms with Crippen molar-refractivity contribution in [2.24, 2.45) is 0 Å². The van der Waals surface area contributed by atoms with E-state index in [4.69, 9.17) is 4.42 Å². The molecule has 0 aliphatic heterocycles. The number of aryl methyl sites for hydroxylation is 1. The summed E-state index contributed by atoms with van der Waals surface area (Å²) in [5.74, 6) is -1.11. The second kappa shape index (κ2) is 8.68. The minimum absolute atomic E-state index is 0.0578. The van der Waals surface area contributed by atoms with Crippen molar-refractivity contribution >= 4 is 21.4 Å². The normalized spacial score (nSPS) is 12.4. The zero-order valence-corrected chi connectivity index (χ0v) is 17.5. The van der Waals surface area contributed by atoms with Gasteiger partial charge in [-0.25, -0.2) is 12.8 Å². The number of benzene rings is 2. The van der Waals surface area contributed by atoms with Crippen LogP contribution in [0.3, 0.4) is 0 Å². The molecule has 31 heavy (non-hydrogen) atoms. The molecular weight excluding hydrogens is 427 g/mol. The summed E-state index contributed by atoms with van der Waals surface area (Å²) in [5, 5.41) is 12.4. The third kappa shape index (κ3) is 4.48. The number of hydrogen-bond donors (Lipinski definition) is 1. The molecule has 0 fully saturated rings. The molecule has 10 heteroatoms. The summed E-state index contributed by atoms with van der Waals surface area (Å²) in [7, 11) is -4.06. The van der Waals surface area contributed by atoms with Gasteiger partial charge in [0.05, 0.1) is 16.1 Å². The molecule has 0 radical (unpaired) electrons. The van der Waals surface area contributed by atoms with Crippen molar-refractivity contribution in [3.63, 3.8) is 0 Å². The van der Waals surface area contributed by atoms with Crippen LogP contribution in [0.4, 0.5) is 10.1 Å². The predicted molar refractivity (Wildman–Crippen MR) is 110 cm³/mol. The molecule has 1 atom stereocenters. The molecule has 3 aromatic rings. The second-order valence-corrected chi connectivity index (χ2v) is 9.01. The zero-order chi connectivity index (χ0) is 22.8. The van der Waals surface area contributed by atoms with Gasteiger partial charge in [-0.3, -0.25) is 14.9 Å². The fourth-order valence-electron chi connectivity index (χ4n) is 3.14. The summed E-state index contributed by atoms with van der Waals surface area (Å²) in [5.41, 5.74) is 0.166. The number of carbonyl (C=O) groups excluding carboxylic acids is 1. The molecule has 3 rings (SSSR count). The molecule has 0 unspecified atom stereocenters. The van der Waals surface area contributed by atoms with Crippen molar-refractivity contribution < 1.29 is 26.9 Å². The number of halogens is 1. The Hall–Kier alpha value is -3.53. The number of nitro groups is 1. The first-order valence-electron chi connectivity index (χ1n) is 9.18. The average molecular weight is 446 g/mol. The van der Waals surface area contributed by atoms with E-state index in [-0.39, 0.29) is 39.6 Å². The zero-order valence-electron chi connectivity index (χ0n) is 16.7. The smallest absolute Gasteiger partial charge is 0.273 e. The summed E-state index contributed by atoms with van der Waals surface area (Å²) < 4.78 is 45.3. The Labute approximate surface area is 177 Å². The monoisotopic (exact) mass is 446 g/mol. The summed E-state index contributed by atoms with van der Waals surface area (Å²) in [4.78, 5) is 23.1. The van der Waals surface area contributed by atoms with Crippen LogP contribution in [0.15, 0.2) is 64.1 Å². The Morgan fingerprint density at radius 1 is 1.19 bits per heavy atom. The number of amides is 1. The Bertz CT molecular complexity index is 1240. The Balaban J connectivity index is 1.92. The number of nitro benzene ring substituents is 1. The predicted octanol–water partition coefficient (Wildman–Crippen LogP) is 3.89. The lowest BCUT2D eigenvalue weighted by molar-refractivity contribution is -0.385. The maximum absolute atomic E-state index is 13.6. The van der Waals surface area contributed by atoms with Crippen molar-refractivity contribution in [1.29, 1.82) is 0 Å². The van der Waals surface area contributed by atoms with E-state index in [0.717, 1.165) is 12.1 Å². The lowest BCUT2D eigenvalue weighted by atomic mass is 10.1. The number of nitrogens with one attached hydrogen (secondary N) is 1. The lowest BCUT2D eigenvalue weighted by Crippen LogP contribution is -2.32. The van der Waals surface area contributed by atoms with Crippen molar-refractivity contribution in [3.05, 3.63) is 93.2 Å². The van der Waals surface area contributed by atoms with Crippen LogP contribution in [0, 0.1) is 29.8 Å². The van der Waals surface area contributed by atoms with Crippen LogP contribution in [0.2, 0.25) is 0 Å². The number of carbonyl (C=O) groups is 1. The fraction of sp³-hybridized carbons (Fsp3) is 0.190. The fourth-order valence-corrected chi connectivity index (χ4v) is 4.81. The van der Waals surface area contributed by atoms with Gasteiger partial charge in [0.15, 0.2) is 9.84 Å². The van der Waals surface area contributed by atoms with Gasteiger partial charge in [0.2, 0.25) is 0 Å². The van der Waals surface area contributed by atoms with Crippen LogP contribution in [0.1, 0.15) is 32.5 Å². The molecule has 0 saturated heterocycles. The standard InChI is InChI=1S/C21H19FN2O6S/c1-13-11-15(8-9-17(13)22)31(28,29)20(19-7-4-10-30-19)12-23-21(25)16-5-3-6-18(14(16)2)24(26)27/h3-11,20H,12H2,1-2H3,(H,23,25)/t20-/m0/s1. The van der Waals surface area contributed by atoms with Crippen molar-refractivity contribution in [2.75, 3.05) is 6.54 Å². The first kappa shape index (κ1) is 22.2. The third-order valence-electron chi connectivity index (χ3n) is 4.89. The van der Waals surface area contributed by atoms with Crippen LogP contribution < -0.4 is 5.32 Å². The van der Waals surface area contributed by atoms with Crippen molar-refractivity contribution in [2.45, 2.75) is 24.0 Å². The SMILES string of the molecule is Cc1cc(S(=O)(=O)[C@@H](CNC(=O)c2cccc([N+](=O)[O-])c2C)c2ccco2)ccc1F. The second-order valence-electron chi connectivity index (χ2n) is 6.88. The van der Waals surface area contributed by atoms with E-state index < -0.39 is 31.7 Å². The van der Waals surface area contributed by atoms with Crippen LogP contribution in [0.5, 0.6) is 0 Å². The summed E-state index contributed by atoms with van der Waals surface area (Å²) in [6, 6.07) is 10.5. The van der Waals surface area contributed by atoms with E-state index in [1.165, 1.54) is 56.5 Å². The minimum Gasteiger partial charge on any atom is -0.468 e. The molecular formula is C21H19FN2O6S. The molecule has 1 heterocycles. The van der Waals surface area contributed by atoms with E-state index in [9.17, 15) is 27.7 Å². The number of nitrogens with zero attached hydrogens (tertiary/aromatic N) is 1. The number of furan rings is 1. The van der Waals surface area contributed by atoms with Crippen molar-refractivity contribution in [1.82, 2.24) is 5.32 Å². The van der Waals surface area contributed by atoms with Gasteiger partial charge < -0.3 is 9.73 Å². The molecule has 162 valence electrons.